The van der Waals surface area contributed by atoms with Crippen LogP contribution in [0.25, 0.3) is 0 Å². The van der Waals surface area contributed by atoms with Crippen molar-refractivity contribution in [3.05, 3.63) is 0 Å². The van der Waals surface area contributed by atoms with Crippen molar-refractivity contribution in [2.24, 2.45) is 5.92 Å². The van der Waals surface area contributed by atoms with Gasteiger partial charge in [0.15, 0.2) is 5.78 Å². The molecule has 8 atom stereocenters. The number of unbranched alkanes of at least 4 members (excludes halogenated alkanes) is 8. The number of rotatable bonds is 19. The Hall–Kier alpha value is -1.10. The molecule has 0 aromatic heterocycles. The largest absolute Gasteiger partial charge is 0.481 e. The van der Waals surface area contributed by atoms with Crippen molar-refractivity contribution in [1.29, 1.82) is 0 Å². The molecule has 1 saturated heterocycles. The van der Waals surface area contributed by atoms with Crippen LogP contribution in [-0.4, -0.2) is 85.1 Å². The molecule has 1 rings (SSSR count). The zero-order chi connectivity index (χ0) is 26.4. The summed E-state index contributed by atoms with van der Waals surface area (Å²) in [6, 6.07) is 0. The Labute approximate surface area is 209 Å². The smallest absolute Gasteiger partial charge is 0.316 e. The number of hydrogen-bond donors (Lipinski definition) is 6. The number of aliphatic hydroxyl groups excluding tert-OH is 5. The van der Waals surface area contributed by atoms with E-state index in [2.05, 4.69) is 6.92 Å². The molecule has 6 N–H and O–H groups in total. The molecular weight excluding hydrogens is 456 g/mol. The van der Waals surface area contributed by atoms with E-state index >= 15 is 0 Å². The summed E-state index contributed by atoms with van der Waals surface area (Å²) >= 11 is 0. The lowest BCUT2D eigenvalue weighted by atomic mass is 9.89. The zero-order valence-electron chi connectivity index (χ0n) is 21.4. The molecule has 9 heteroatoms. The second kappa shape index (κ2) is 17.4. The third-order valence-corrected chi connectivity index (χ3v) is 7.02. The van der Waals surface area contributed by atoms with Crippen molar-refractivity contribution >= 4 is 11.8 Å². The molecule has 0 radical (unpaired) electrons. The van der Waals surface area contributed by atoms with Crippen molar-refractivity contribution in [3.63, 3.8) is 0 Å². The van der Waals surface area contributed by atoms with E-state index in [1.807, 2.05) is 0 Å². The summed E-state index contributed by atoms with van der Waals surface area (Å²) < 4.78 is 5.58. The molecule has 0 bridgehead atoms. The minimum Gasteiger partial charge on any atom is -0.481 e. The lowest BCUT2D eigenvalue weighted by Gasteiger charge is -2.39. The van der Waals surface area contributed by atoms with Crippen molar-refractivity contribution < 1.29 is 45.0 Å². The van der Waals surface area contributed by atoms with Gasteiger partial charge in [0.25, 0.3) is 0 Å². The van der Waals surface area contributed by atoms with Gasteiger partial charge in [-0.25, -0.2) is 0 Å². The number of carboxylic acid groups (broad SMARTS) is 1. The van der Waals surface area contributed by atoms with E-state index in [1.54, 1.807) is 6.92 Å². The summed E-state index contributed by atoms with van der Waals surface area (Å²) in [5.74, 6) is -3.46. The molecule has 0 aromatic rings. The van der Waals surface area contributed by atoms with Crippen molar-refractivity contribution in [3.8, 4) is 0 Å². The quantitative estimate of drug-likeness (QED) is 0.114. The fourth-order valence-electron chi connectivity index (χ4n) is 4.73. The molecule has 0 aromatic carbocycles. The van der Waals surface area contributed by atoms with E-state index in [0.29, 0.717) is 25.7 Å². The number of ether oxygens (including phenoxy) is 1. The third-order valence-electron chi connectivity index (χ3n) is 7.02. The van der Waals surface area contributed by atoms with Crippen molar-refractivity contribution in [2.45, 2.75) is 146 Å². The number of carbonyl (C=O) groups excluding carboxylic acids is 1. The van der Waals surface area contributed by atoms with Gasteiger partial charge >= 0.3 is 5.97 Å². The molecule has 0 spiro atoms. The number of carboxylic acids is 1. The number of ketones is 1. The second-order valence-corrected chi connectivity index (χ2v) is 10.1. The van der Waals surface area contributed by atoms with Gasteiger partial charge < -0.3 is 35.4 Å². The van der Waals surface area contributed by atoms with Crippen LogP contribution in [0, 0.1) is 5.92 Å². The first-order valence-corrected chi connectivity index (χ1v) is 13.4. The lowest BCUT2D eigenvalue weighted by Crippen LogP contribution is -2.56. The first-order chi connectivity index (χ1) is 16.6. The predicted molar refractivity (Wildman–Crippen MR) is 131 cm³/mol. The SMILES string of the molecule is CCCCCCCC(O)C(C(=O)O)C(=O)CC(O)CCCCCCCC1O[C@H](C)[C@@H](O)[C@H](O)[C@@H]1O. The zero-order valence-corrected chi connectivity index (χ0v) is 21.4. The monoisotopic (exact) mass is 504 g/mol. The van der Waals surface area contributed by atoms with Crippen LogP contribution in [0.15, 0.2) is 0 Å². The maximum atomic E-state index is 12.4. The van der Waals surface area contributed by atoms with Gasteiger partial charge in [0.05, 0.1) is 24.4 Å². The highest BCUT2D eigenvalue weighted by atomic mass is 16.5. The molecule has 1 aliphatic heterocycles. The summed E-state index contributed by atoms with van der Waals surface area (Å²) in [6.07, 6.45) is 3.20. The molecule has 0 aliphatic carbocycles. The van der Waals surface area contributed by atoms with E-state index < -0.39 is 60.4 Å². The maximum Gasteiger partial charge on any atom is 0.316 e. The summed E-state index contributed by atoms with van der Waals surface area (Å²) in [6.45, 7) is 3.76. The van der Waals surface area contributed by atoms with Gasteiger partial charge in [-0.15, -0.1) is 0 Å². The van der Waals surface area contributed by atoms with Gasteiger partial charge in [0, 0.05) is 6.42 Å². The fourth-order valence-corrected chi connectivity index (χ4v) is 4.73. The van der Waals surface area contributed by atoms with Crippen LogP contribution >= 0.6 is 0 Å². The van der Waals surface area contributed by atoms with Crippen LogP contribution < -0.4 is 0 Å². The number of carbonyl (C=O) groups is 2. The topological polar surface area (TPSA) is 165 Å². The minimum atomic E-state index is -1.49. The van der Waals surface area contributed by atoms with Crippen LogP contribution in [0.1, 0.15) is 104 Å². The van der Waals surface area contributed by atoms with E-state index in [1.165, 1.54) is 0 Å². The molecule has 0 amide bonds. The molecule has 0 saturated carbocycles. The highest BCUT2D eigenvalue weighted by Gasteiger charge is 2.41. The van der Waals surface area contributed by atoms with Gasteiger partial charge in [-0.05, 0) is 26.2 Å². The summed E-state index contributed by atoms with van der Waals surface area (Å²) in [4.78, 5) is 24.0. The predicted octanol–water partition coefficient (Wildman–Crippen LogP) is 2.33. The Balaban J connectivity index is 2.22. The molecule has 1 heterocycles. The summed E-state index contributed by atoms with van der Waals surface area (Å²) in [5.41, 5.74) is 0. The molecular formula is C26H48O9. The Bertz CT molecular complexity index is 599. The highest BCUT2D eigenvalue weighted by Crippen LogP contribution is 2.25. The first kappa shape index (κ1) is 31.9. The average molecular weight is 505 g/mol. The van der Waals surface area contributed by atoms with Crippen LogP contribution in [0.2, 0.25) is 0 Å². The van der Waals surface area contributed by atoms with E-state index in [-0.39, 0.29) is 12.8 Å². The average Bonchev–Trinajstić information content (AvgIpc) is 2.79. The highest BCUT2D eigenvalue weighted by molar-refractivity contribution is 5.99. The van der Waals surface area contributed by atoms with Gasteiger partial charge in [-0.1, -0.05) is 71.1 Å². The number of Topliss-reactive ketones (excluding diaryl/α,β-unsaturated/α-hetero) is 1. The van der Waals surface area contributed by atoms with Crippen LogP contribution in [0.4, 0.5) is 0 Å². The fraction of sp³-hybridized carbons (Fsp3) is 0.923. The van der Waals surface area contributed by atoms with Gasteiger partial charge in [-0.2, -0.15) is 0 Å². The Kier molecular flexibility index (Phi) is 15.8. The number of aliphatic carboxylic acids is 1. The Morgan fingerprint density at radius 2 is 1.37 bits per heavy atom. The standard InChI is InChI=1S/C26H48O9/c1-3-4-5-7-11-14-19(28)22(26(33)34)20(29)16-18(27)13-10-8-6-9-12-15-21-24(31)25(32)23(30)17(2)35-21/h17-19,21-25,27-28,30-32H,3-16H2,1-2H3,(H,33,34)/t17-,18?,19?,21?,22?,23-,24-,25+/m1/s1. The van der Waals surface area contributed by atoms with Crippen molar-refractivity contribution in [2.75, 3.05) is 0 Å². The molecule has 206 valence electrons. The molecule has 1 fully saturated rings. The first-order valence-electron chi connectivity index (χ1n) is 13.4. The van der Waals surface area contributed by atoms with Crippen LogP contribution in [0.3, 0.4) is 0 Å². The van der Waals surface area contributed by atoms with E-state index in [0.717, 1.165) is 51.4 Å². The molecule has 1 aliphatic rings. The third kappa shape index (κ3) is 11.7. The normalized spacial score (nSPS) is 27.3. The molecule has 4 unspecified atom stereocenters. The number of aliphatic hydroxyl groups is 5. The Morgan fingerprint density at radius 3 is 2.00 bits per heavy atom. The maximum absolute atomic E-state index is 12.4. The van der Waals surface area contributed by atoms with E-state index in [4.69, 9.17) is 4.74 Å². The minimum absolute atomic E-state index is 0.268. The Morgan fingerprint density at radius 1 is 0.800 bits per heavy atom. The van der Waals surface area contributed by atoms with E-state index in [9.17, 15) is 40.2 Å². The second-order valence-electron chi connectivity index (χ2n) is 10.1. The van der Waals surface area contributed by atoms with Crippen LogP contribution in [-0.2, 0) is 14.3 Å². The lowest BCUT2D eigenvalue weighted by molar-refractivity contribution is -0.218. The number of hydrogen-bond acceptors (Lipinski definition) is 8. The van der Waals surface area contributed by atoms with Gasteiger partial charge in [-0.3, -0.25) is 9.59 Å². The summed E-state index contributed by atoms with van der Waals surface area (Å²) in [7, 11) is 0. The summed E-state index contributed by atoms with van der Waals surface area (Å²) in [5, 5.41) is 59.5. The molecule has 9 nitrogen and oxygen atoms in total. The van der Waals surface area contributed by atoms with Crippen LogP contribution in [0.5, 0.6) is 0 Å². The van der Waals surface area contributed by atoms with Gasteiger partial charge in [0.2, 0.25) is 0 Å². The molecule has 35 heavy (non-hydrogen) atoms. The van der Waals surface area contributed by atoms with Crippen molar-refractivity contribution in [1.82, 2.24) is 0 Å². The van der Waals surface area contributed by atoms with Gasteiger partial charge in [0.1, 0.15) is 24.2 Å².